The van der Waals surface area contributed by atoms with Gasteiger partial charge in [0, 0.05) is 12.0 Å². The van der Waals surface area contributed by atoms with Crippen molar-refractivity contribution in [3.8, 4) is 17.1 Å². The molecule has 0 aliphatic heterocycles. The first-order chi connectivity index (χ1) is 12.1. The Balaban J connectivity index is 1.86. The number of nitrogens with zero attached hydrogens (tertiary/aromatic N) is 1. The zero-order valence-electron chi connectivity index (χ0n) is 14.8. The largest absolute Gasteiger partial charge is 0.507 e. The molecule has 1 aromatic heterocycles. The molecule has 0 radical (unpaired) electrons. The lowest BCUT2D eigenvalue weighted by molar-refractivity contribution is 0.0979. The van der Waals surface area contributed by atoms with E-state index >= 15 is 0 Å². The first-order valence-electron chi connectivity index (χ1n) is 8.91. The average molecular weight is 336 g/mol. The summed E-state index contributed by atoms with van der Waals surface area (Å²) >= 11 is 0. The number of aromatic nitrogens is 2. The van der Waals surface area contributed by atoms with Crippen LogP contribution in [0.2, 0.25) is 0 Å². The van der Waals surface area contributed by atoms with Crippen molar-refractivity contribution in [3.63, 3.8) is 0 Å². The molecule has 4 nitrogen and oxygen atoms in total. The number of benzene rings is 2. The maximum atomic E-state index is 12.4. The van der Waals surface area contributed by atoms with Gasteiger partial charge in [0.05, 0.1) is 16.6 Å². The number of aryl methyl sites for hydroxylation is 1. The number of carbonyl (C=O) groups excluding carboxylic acids is 1. The molecule has 0 aliphatic carbocycles. The van der Waals surface area contributed by atoms with Gasteiger partial charge < -0.3 is 10.1 Å². The second kappa shape index (κ2) is 7.51. The van der Waals surface area contributed by atoms with E-state index in [0.717, 1.165) is 42.3 Å². The van der Waals surface area contributed by atoms with Crippen molar-refractivity contribution < 1.29 is 9.90 Å². The van der Waals surface area contributed by atoms with Crippen LogP contribution in [-0.2, 0) is 0 Å². The monoisotopic (exact) mass is 336 g/mol. The zero-order valence-corrected chi connectivity index (χ0v) is 14.8. The number of carbonyl (C=O) groups is 1. The molecular formula is C21H24N2O2. The molecule has 0 saturated carbocycles. The van der Waals surface area contributed by atoms with Crippen molar-refractivity contribution in [2.45, 2.75) is 46.0 Å². The van der Waals surface area contributed by atoms with E-state index in [1.54, 1.807) is 18.2 Å². The van der Waals surface area contributed by atoms with Crippen molar-refractivity contribution in [3.05, 3.63) is 47.5 Å². The van der Waals surface area contributed by atoms with E-state index in [2.05, 4.69) is 16.9 Å². The summed E-state index contributed by atoms with van der Waals surface area (Å²) in [4.78, 5) is 20.2. The Kier molecular flexibility index (Phi) is 5.17. The summed E-state index contributed by atoms with van der Waals surface area (Å²) in [5.74, 6) is 0.821. The molecule has 0 unspecified atom stereocenters. The van der Waals surface area contributed by atoms with Crippen LogP contribution in [0, 0.1) is 6.92 Å². The summed E-state index contributed by atoms with van der Waals surface area (Å²) in [6, 6.07) is 11.0. The number of phenols is 1. The number of phenolic OH excluding ortho intramolecular Hbond substituents is 1. The Hall–Kier alpha value is -2.62. The number of ketones is 1. The van der Waals surface area contributed by atoms with Gasteiger partial charge in [-0.3, -0.25) is 4.79 Å². The summed E-state index contributed by atoms with van der Waals surface area (Å²) in [5, 5.41) is 10.2. The minimum atomic E-state index is 0.115. The van der Waals surface area contributed by atoms with E-state index in [1.165, 1.54) is 0 Å². The molecule has 4 heteroatoms. The molecule has 3 rings (SSSR count). The van der Waals surface area contributed by atoms with Crippen LogP contribution in [-0.4, -0.2) is 20.9 Å². The highest BCUT2D eigenvalue weighted by Crippen LogP contribution is 2.30. The number of Topliss-reactive ketones (excluding diaryl/α,β-unsaturated/α-hetero) is 1. The first-order valence-corrected chi connectivity index (χ1v) is 8.91. The number of unbranched alkanes of at least 4 members (excludes halogenated alkanes) is 3. The third kappa shape index (κ3) is 3.90. The smallest absolute Gasteiger partial charge is 0.162 e. The number of hydrogen-bond donors (Lipinski definition) is 2. The summed E-state index contributed by atoms with van der Waals surface area (Å²) in [7, 11) is 0. The van der Waals surface area contributed by atoms with Crippen molar-refractivity contribution >= 4 is 16.8 Å². The second-order valence-electron chi connectivity index (χ2n) is 6.57. The lowest BCUT2D eigenvalue weighted by Gasteiger charge is -2.06. The summed E-state index contributed by atoms with van der Waals surface area (Å²) in [5.41, 5.74) is 4.10. The molecule has 0 amide bonds. The summed E-state index contributed by atoms with van der Waals surface area (Å²) in [6.45, 7) is 4.18. The summed E-state index contributed by atoms with van der Waals surface area (Å²) < 4.78 is 0. The zero-order chi connectivity index (χ0) is 17.8. The van der Waals surface area contributed by atoms with Crippen molar-refractivity contribution in [1.29, 1.82) is 0 Å². The van der Waals surface area contributed by atoms with Crippen molar-refractivity contribution in [1.82, 2.24) is 9.97 Å². The fraction of sp³-hybridized carbons (Fsp3) is 0.333. The van der Waals surface area contributed by atoms with Crippen LogP contribution in [0.1, 0.15) is 54.9 Å². The van der Waals surface area contributed by atoms with Crippen LogP contribution in [0.3, 0.4) is 0 Å². The maximum absolute atomic E-state index is 12.4. The van der Waals surface area contributed by atoms with E-state index in [9.17, 15) is 9.90 Å². The highest BCUT2D eigenvalue weighted by molar-refractivity contribution is 5.97. The molecule has 0 fully saturated rings. The summed E-state index contributed by atoms with van der Waals surface area (Å²) in [6.07, 6.45) is 4.85. The van der Waals surface area contributed by atoms with E-state index in [1.807, 2.05) is 25.1 Å². The predicted molar refractivity (Wildman–Crippen MR) is 101 cm³/mol. The third-order valence-electron chi connectivity index (χ3n) is 4.47. The molecule has 0 spiro atoms. The van der Waals surface area contributed by atoms with E-state index in [4.69, 9.17) is 0 Å². The number of imidazole rings is 1. The molecule has 3 aromatic rings. The van der Waals surface area contributed by atoms with Crippen LogP contribution in [0.4, 0.5) is 0 Å². The van der Waals surface area contributed by atoms with E-state index in [0.29, 0.717) is 23.4 Å². The number of rotatable bonds is 7. The standard InChI is InChI=1S/C21H24N2O2/c1-3-4-5-6-7-19(24)15-9-11-20(25)16(13-15)21-22-17-10-8-14(2)12-18(17)23-21/h8-13,25H,3-7H2,1-2H3,(H,22,23). The van der Waals surface area contributed by atoms with E-state index < -0.39 is 0 Å². The number of aromatic amines is 1. The third-order valence-corrected chi connectivity index (χ3v) is 4.47. The topological polar surface area (TPSA) is 66.0 Å². The Morgan fingerprint density at radius 2 is 1.96 bits per heavy atom. The van der Waals surface area contributed by atoms with Gasteiger partial charge in [-0.1, -0.05) is 32.3 Å². The van der Waals surface area contributed by atoms with Crippen molar-refractivity contribution in [2.24, 2.45) is 0 Å². The maximum Gasteiger partial charge on any atom is 0.162 e. The molecule has 2 N–H and O–H groups in total. The van der Waals surface area contributed by atoms with Gasteiger partial charge in [0.2, 0.25) is 0 Å². The number of hydrogen-bond acceptors (Lipinski definition) is 3. The van der Waals surface area contributed by atoms with Crippen LogP contribution >= 0.6 is 0 Å². The number of H-pyrrole nitrogens is 1. The van der Waals surface area contributed by atoms with Crippen molar-refractivity contribution in [2.75, 3.05) is 0 Å². The lowest BCUT2D eigenvalue weighted by atomic mass is 10.0. The Morgan fingerprint density at radius 1 is 1.12 bits per heavy atom. The Bertz CT molecular complexity index is 896. The van der Waals surface area contributed by atoms with Gasteiger partial charge in [0.1, 0.15) is 11.6 Å². The van der Waals surface area contributed by atoms with Gasteiger partial charge >= 0.3 is 0 Å². The predicted octanol–water partition coefficient (Wildman–Crippen LogP) is 5.40. The molecule has 0 aliphatic rings. The average Bonchev–Trinajstić information content (AvgIpc) is 3.01. The van der Waals surface area contributed by atoms with Gasteiger partial charge in [-0.2, -0.15) is 0 Å². The normalized spacial score (nSPS) is 11.1. The molecule has 2 aromatic carbocycles. The van der Waals surface area contributed by atoms with Gasteiger partial charge in [-0.15, -0.1) is 0 Å². The van der Waals surface area contributed by atoms with Gasteiger partial charge in [-0.05, 0) is 49.2 Å². The Morgan fingerprint density at radius 3 is 2.76 bits per heavy atom. The minimum Gasteiger partial charge on any atom is -0.507 e. The van der Waals surface area contributed by atoms with Gasteiger partial charge in [-0.25, -0.2) is 4.98 Å². The minimum absolute atomic E-state index is 0.115. The number of nitrogens with one attached hydrogen (secondary N) is 1. The fourth-order valence-corrected chi connectivity index (χ4v) is 3.01. The van der Waals surface area contributed by atoms with Gasteiger partial charge in [0.25, 0.3) is 0 Å². The van der Waals surface area contributed by atoms with Crippen LogP contribution in [0.25, 0.3) is 22.4 Å². The highest BCUT2D eigenvalue weighted by Gasteiger charge is 2.14. The molecule has 0 atom stereocenters. The molecular weight excluding hydrogens is 312 g/mol. The molecule has 25 heavy (non-hydrogen) atoms. The van der Waals surface area contributed by atoms with Crippen LogP contribution in [0.5, 0.6) is 5.75 Å². The number of aromatic hydroxyl groups is 1. The molecule has 1 heterocycles. The Labute approximate surface area is 147 Å². The van der Waals surface area contributed by atoms with Gasteiger partial charge in [0.15, 0.2) is 5.78 Å². The molecule has 130 valence electrons. The second-order valence-corrected chi connectivity index (χ2v) is 6.57. The SMILES string of the molecule is CCCCCCC(=O)c1ccc(O)c(-c2nc3ccc(C)cc3[nH]2)c1. The quantitative estimate of drug-likeness (QED) is 0.448. The fourth-order valence-electron chi connectivity index (χ4n) is 3.01. The number of fused-ring (bicyclic) bond motifs is 1. The van der Waals surface area contributed by atoms with Crippen LogP contribution in [0.15, 0.2) is 36.4 Å². The molecule has 0 bridgehead atoms. The van der Waals surface area contributed by atoms with E-state index in [-0.39, 0.29) is 11.5 Å². The lowest BCUT2D eigenvalue weighted by Crippen LogP contribution is -1.99. The molecule has 0 saturated heterocycles. The highest BCUT2D eigenvalue weighted by atomic mass is 16.3. The van der Waals surface area contributed by atoms with Crippen LogP contribution < -0.4 is 0 Å². The first kappa shape index (κ1) is 17.2.